The molecule has 0 heterocycles. The van der Waals surface area contributed by atoms with Crippen LogP contribution in [0.2, 0.25) is 5.02 Å². The second kappa shape index (κ2) is 7.65. The van der Waals surface area contributed by atoms with Crippen LogP contribution < -0.4 is 10.6 Å². The number of halogens is 1. The fourth-order valence-corrected chi connectivity index (χ4v) is 2.92. The second-order valence-electron chi connectivity index (χ2n) is 5.62. The molecule has 2 rings (SSSR count). The Hall–Kier alpha value is -1.06. The molecule has 3 nitrogen and oxygen atoms in total. The van der Waals surface area contributed by atoms with Gasteiger partial charge in [0.2, 0.25) is 5.91 Å². The Morgan fingerprint density at radius 3 is 2.55 bits per heavy atom. The number of hydrogen-bond acceptors (Lipinski definition) is 2. The third kappa shape index (κ3) is 4.80. The van der Waals surface area contributed by atoms with Crippen LogP contribution in [0.1, 0.15) is 39.0 Å². The van der Waals surface area contributed by atoms with Gasteiger partial charge in [-0.1, -0.05) is 30.9 Å². The molecule has 0 spiro atoms. The second-order valence-corrected chi connectivity index (χ2v) is 6.06. The fraction of sp³-hybridized carbons (Fsp3) is 0.562. The van der Waals surface area contributed by atoms with E-state index >= 15 is 0 Å². The van der Waals surface area contributed by atoms with E-state index in [-0.39, 0.29) is 5.91 Å². The number of anilines is 1. The number of hydrogen-bond donors (Lipinski definition) is 2. The van der Waals surface area contributed by atoms with E-state index in [2.05, 4.69) is 17.6 Å². The lowest BCUT2D eigenvalue weighted by Gasteiger charge is -2.28. The first-order valence-corrected chi connectivity index (χ1v) is 7.82. The van der Waals surface area contributed by atoms with Gasteiger partial charge in [0.1, 0.15) is 0 Å². The Balaban J connectivity index is 1.72. The van der Waals surface area contributed by atoms with Crippen molar-refractivity contribution in [3.63, 3.8) is 0 Å². The maximum absolute atomic E-state index is 11.9. The summed E-state index contributed by atoms with van der Waals surface area (Å²) in [4.78, 5) is 11.9. The van der Waals surface area contributed by atoms with Crippen molar-refractivity contribution in [2.45, 2.75) is 45.1 Å². The lowest BCUT2D eigenvalue weighted by atomic mass is 9.84. The molecule has 1 unspecified atom stereocenters. The summed E-state index contributed by atoms with van der Waals surface area (Å²) in [5.74, 6) is 0.710. The molecule has 4 heteroatoms. The van der Waals surface area contributed by atoms with Crippen molar-refractivity contribution in [2.24, 2.45) is 5.92 Å². The maximum Gasteiger partial charge on any atom is 0.238 e. The summed E-state index contributed by atoms with van der Waals surface area (Å²) in [6.45, 7) is 2.55. The molecule has 0 radical (unpaired) electrons. The van der Waals surface area contributed by atoms with Crippen LogP contribution in [0.25, 0.3) is 0 Å². The van der Waals surface area contributed by atoms with E-state index in [1.807, 2.05) is 12.1 Å². The summed E-state index contributed by atoms with van der Waals surface area (Å²) in [5.41, 5.74) is 0.784. The van der Waals surface area contributed by atoms with Gasteiger partial charge in [-0.05, 0) is 49.9 Å². The summed E-state index contributed by atoms with van der Waals surface area (Å²) in [6.07, 6.45) is 6.58. The largest absolute Gasteiger partial charge is 0.325 e. The van der Waals surface area contributed by atoms with Crippen LogP contribution in [0.15, 0.2) is 24.3 Å². The molecule has 1 aromatic carbocycles. The van der Waals surface area contributed by atoms with Gasteiger partial charge in [-0.25, -0.2) is 0 Å². The molecule has 2 N–H and O–H groups in total. The number of amides is 1. The standard InChI is InChI=1S/C16H23ClN2O/c1-12(13-5-3-2-4-6-13)18-11-16(20)19-15-9-7-14(17)8-10-15/h7-10,12-13,18H,2-6,11H2,1H3,(H,19,20). The lowest BCUT2D eigenvalue weighted by Crippen LogP contribution is -2.39. The quantitative estimate of drug-likeness (QED) is 0.866. The van der Waals surface area contributed by atoms with E-state index in [0.717, 1.165) is 5.69 Å². The SMILES string of the molecule is CC(NCC(=O)Nc1ccc(Cl)cc1)C1CCCCC1. The molecule has 0 aliphatic heterocycles. The first kappa shape index (κ1) is 15.3. The molecule has 110 valence electrons. The van der Waals surface area contributed by atoms with E-state index in [9.17, 15) is 4.79 Å². The summed E-state index contributed by atoms with van der Waals surface area (Å²) < 4.78 is 0. The molecule has 1 fully saturated rings. The predicted molar refractivity (Wildman–Crippen MR) is 84.1 cm³/mol. The van der Waals surface area contributed by atoms with Gasteiger partial charge in [-0.3, -0.25) is 4.79 Å². The summed E-state index contributed by atoms with van der Waals surface area (Å²) >= 11 is 5.81. The zero-order valence-corrected chi connectivity index (χ0v) is 12.7. The Kier molecular flexibility index (Phi) is 5.86. The molecule has 1 amide bonds. The highest BCUT2D eigenvalue weighted by Gasteiger charge is 2.20. The van der Waals surface area contributed by atoms with E-state index in [1.165, 1.54) is 32.1 Å². The molecule has 1 aliphatic rings. The molecule has 1 saturated carbocycles. The smallest absolute Gasteiger partial charge is 0.238 e. The van der Waals surface area contributed by atoms with Crippen LogP contribution in [0.5, 0.6) is 0 Å². The monoisotopic (exact) mass is 294 g/mol. The minimum atomic E-state index is -0.00465. The number of carbonyl (C=O) groups is 1. The fourth-order valence-electron chi connectivity index (χ4n) is 2.79. The summed E-state index contributed by atoms with van der Waals surface area (Å²) in [6, 6.07) is 7.58. The van der Waals surface area contributed by atoms with Crippen molar-refractivity contribution in [3.05, 3.63) is 29.3 Å². The summed E-state index contributed by atoms with van der Waals surface area (Å²) in [7, 11) is 0. The molecule has 1 aliphatic carbocycles. The van der Waals surface area contributed by atoms with Gasteiger partial charge in [0.25, 0.3) is 0 Å². The van der Waals surface area contributed by atoms with Gasteiger partial charge in [0.15, 0.2) is 0 Å². The van der Waals surface area contributed by atoms with Gasteiger partial charge in [0, 0.05) is 16.8 Å². The first-order chi connectivity index (χ1) is 9.65. The average molecular weight is 295 g/mol. The Labute approximate surface area is 126 Å². The Morgan fingerprint density at radius 2 is 1.90 bits per heavy atom. The van der Waals surface area contributed by atoms with Crippen molar-refractivity contribution in [1.82, 2.24) is 5.32 Å². The predicted octanol–water partition coefficient (Wildman–Crippen LogP) is 3.84. The molecule has 0 bridgehead atoms. The number of rotatable bonds is 5. The zero-order chi connectivity index (χ0) is 14.4. The number of benzene rings is 1. The number of nitrogens with one attached hydrogen (secondary N) is 2. The van der Waals surface area contributed by atoms with Gasteiger partial charge in [-0.15, -0.1) is 0 Å². The Bertz CT molecular complexity index is 427. The van der Waals surface area contributed by atoms with Crippen LogP contribution in [0.4, 0.5) is 5.69 Å². The average Bonchev–Trinajstić information content (AvgIpc) is 2.48. The van der Waals surface area contributed by atoms with Crippen molar-refractivity contribution >= 4 is 23.2 Å². The zero-order valence-electron chi connectivity index (χ0n) is 12.0. The molecular formula is C16H23ClN2O. The molecule has 0 aromatic heterocycles. The van der Waals surface area contributed by atoms with E-state index < -0.39 is 0 Å². The van der Waals surface area contributed by atoms with Crippen molar-refractivity contribution < 1.29 is 4.79 Å². The van der Waals surface area contributed by atoms with Gasteiger partial charge in [0.05, 0.1) is 6.54 Å². The van der Waals surface area contributed by atoms with E-state index in [0.29, 0.717) is 23.5 Å². The molecular weight excluding hydrogens is 272 g/mol. The minimum absolute atomic E-state index is 0.00465. The van der Waals surface area contributed by atoms with Crippen LogP contribution >= 0.6 is 11.6 Å². The topological polar surface area (TPSA) is 41.1 Å². The number of carbonyl (C=O) groups excluding carboxylic acids is 1. The maximum atomic E-state index is 11.9. The molecule has 1 aromatic rings. The summed E-state index contributed by atoms with van der Waals surface area (Å²) in [5, 5.41) is 6.89. The minimum Gasteiger partial charge on any atom is -0.325 e. The van der Waals surface area contributed by atoms with Crippen molar-refractivity contribution in [1.29, 1.82) is 0 Å². The van der Waals surface area contributed by atoms with E-state index in [1.54, 1.807) is 12.1 Å². The van der Waals surface area contributed by atoms with Crippen molar-refractivity contribution in [2.75, 3.05) is 11.9 Å². The third-order valence-electron chi connectivity index (χ3n) is 4.07. The highest BCUT2D eigenvalue weighted by molar-refractivity contribution is 6.30. The van der Waals surface area contributed by atoms with Gasteiger partial charge in [-0.2, -0.15) is 0 Å². The normalized spacial score (nSPS) is 17.7. The van der Waals surface area contributed by atoms with Gasteiger partial charge < -0.3 is 10.6 Å². The molecule has 20 heavy (non-hydrogen) atoms. The van der Waals surface area contributed by atoms with Crippen LogP contribution in [0, 0.1) is 5.92 Å². The third-order valence-corrected chi connectivity index (χ3v) is 4.32. The van der Waals surface area contributed by atoms with Gasteiger partial charge >= 0.3 is 0 Å². The lowest BCUT2D eigenvalue weighted by molar-refractivity contribution is -0.115. The first-order valence-electron chi connectivity index (χ1n) is 7.44. The molecule has 1 atom stereocenters. The van der Waals surface area contributed by atoms with Crippen LogP contribution in [-0.4, -0.2) is 18.5 Å². The Morgan fingerprint density at radius 1 is 1.25 bits per heavy atom. The van der Waals surface area contributed by atoms with Crippen LogP contribution in [-0.2, 0) is 4.79 Å². The highest BCUT2D eigenvalue weighted by Crippen LogP contribution is 2.26. The highest BCUT2D eigenvalue weighted by atomic mass is 35.5. The van der Waals surface area contributed by atoms with Crippen LogP contribution in [0.3, 0.4) is 0 Å². The van der Waals surface area contributed by atoms with Crippen molar-refractivity contribution in [3.8, 4) is 0 Å². The van der Waals surface area contributed by atoms with E-state index in [4.69, 9.17) is 11.6 Å². The molecule has 0 saturated heterocycles.